The summed E-state index contributed by atoms with van der Waals surface area (Å²) >= 11 is 0. The Morgan fingerprint density at radius 2 is 2.12 bits per heavy atom. The highest BCUT2D eigenvalue weighted by Gasteiger charge is 2.23. The van der Waals surface area contributed by atoms with E-state index in [-0.39, 0.29) is 0 Å². The van der Waals surface area contributed by atoms with Gasteiger partial charge in [0, 0.05) is 17.3 Å². The van der Waals surface area contributed by atoms with Crippen LogP contribution in [-0.4, -0.2) is 25.2 Å². The molecule has 0 unspecified atom stereocenters. The zero-order chi connectivity index (χ0) is 13.0. The first kappa shape index (κ1) is 13.3. The van der Waals surface area contributed by atoms with Gasteiger partial charge in [0.2, 0.25) is 5.88 Å². The number of carbonyl (C=O) groups is 1. The maximum Gasteiger partial charge on any atom is 0.310 e. The van der Waals surface area contributed by atoms with Crippen LogP contribution in [0, 0.1) is 5.82 Å². The fraction of sp³-hybridized carbons (Fsp3) is 0.400. The molecule has 0 saturated heterocycles. The minimum Gasteiger partial charge on any atom is -0.479 e. The summed E-state index contributed by atoms with van der Waals surface area (Å²) in [6.45, 7) is 0. The van der Waals surface area contributed by atoms with Crippen molar-refractivity contribution in [3.63, 3.8) is 0 Å². The van der Waals surface area contributed by atoms with Gasteiger partial charge in [-0.1, -0.05) is 0 Å². The molecule has 0 fully saturated rings. The van der Waals surface area contributed by atoms with Crippen LogP contribution >= 0.6 is 0 Å². The predicted octanol–water partition coefficient (Wildman–Crippen LogP) is 1.88. The number of carbonyl (C=O) groups excluding carboxylic acids is 1. The smallest absolute Gasteiger partial charge is 0.310 e. The van der Waals surface area contributed by atoms with E-state index in [1.165, 1.54) is 0 Å². The van der Waals surface area contributed by atoms with Crippen LogP contribution in [0.2, 0.25) is 0 Å². The maximum atomic E-state index is 13.7. The van der Waals surface area contributed by atoms with Crippen LogP contribution in [0.3, 0.4) is 0 Å². The molecule has 94 valence electrons. The Kier molecular flexibility index (Phi) is 4.30. The van der Waals surface area contributed by atoms with Crippen molar-refractivity contribution in [1.29, 1.82) is 0 Å². The molecule has 0 bridgehead atoms. The zero-order valence-corrected chi connectivity index (χ0v) is 9.17. The third-order valence-corrected chi connectivity index (χ3v) is 2.10. The minimum atomic E-state index is -2.93. The lowest BCUT2D eigenvalue weighted by Gasteiger charge is -2.10. The normalized spacial score (nSPS) is 10.5. The summed E-state index contributed by atoms with van der Waals surface area (Å²) in [7, 11) is 2.23. The number of alkyl halides is 2. The second-order valence-electron chi connectivity index (χ2n) is 3.07. The molecule has 1 heterocycles. The first-order valence-electron chi connectivity index (χ1n) is 4.57. The monoisotopic (exact) mass is 249 g/mol. The van der Waals surface area contributed by atoms with Crippen LogP contribution in [0.25, 0.3) is 0 Å². The Morgan fingerprint density at radius 1 is 1.47 bits per heavy atom. The lowest BCUT2D eigenvalue weighted by molar-refractivity contribution is -0.139. The van der Waals surface area contributed by atoms with Crippen LogP contribution in [0.15, 0.2) is 6.20 Å². The van der Waals surface area contributed by atoms with E-state index >= 15 is 0 Å². The standard InChI is InChI=1S/C10H10F3NO3/c1-16-7(15)3-5-6(9(12)13)4-14-10(17-2)8(5)11/h4,9H,3H2,1-2H3. The van der Waals surface area contributed by atoms with E-state index in [1.807, 2.05) is 0 Å². The summed E-state index contributed by atoms with van der Waals surface area (Å²) in [5.41, 5.74) is -1.10. The number of halogens is 3. The lowest BCUT2D eigenvalue weighted by atomic mass is 10.1. The Hall–Kier alpha value is -1.79. The summed E-state index contributed by atoms with van der Waals surface area (Å²) in [6.07, 6.45) is -2.74. The molecule has 0 radical (unpaired) electrons. The van der Waals surface area contributed by atoms with Crippen molar-refractivity contribution in [2.45, 2.75) is 12.8 Å². The molecule has 0 saturated carbocycles. The fourth-order valence-corrected chi connectivity index (χ4v) is 1.25. The molecule has 7 heteroatoms. The Balaban J connectivity index is 3.24. The Bertz CT molecular complexity index is 424. The highest BCUT2D eigenvalue weighted by Crippen LogP contribution is 2.28. The van der Waals surface area contributed by atoms with E-state index in [4.69, 9.17) is 0 Å². The number of methoxy groups -OCH3 is 2. The molecule has 17 heavy (non-hydrogen) atoms. The van der Waals surface area contributed by atoms with E-state index in [9.17, 15) is 18.0 Å². The third kappa shape index (κ3) is 2.86. The average molecular weight is 249 g/mol. The van der Waals surface area contributed by atoms with Crippen molar-refractivity contribution < 1.29 is 27.4 Å². The molecule has 0 aliphatic carbocycles. The number of esters is 1. The number of rotatable bonds is 4. The van der Waals surface area contributed by atoms with Crippen LogP contribution in [-0.2, 0) is 16.0 Å². The van der Waals surface area contributed by atoms with Gasteiger partial charge in [-0.25, -0.2) is 18.2 Å². The molecule has 1 aromatic heterocycles. The van der Waals surface area contributed by atoms with Crippen LogP contribution < -0.4 is 4.74 Å². The van der Waals surface area contributed by atoms with Gasteiger partial charge in [0.25, 0.3) is 6.43 Å². The van der Waals surface area contributed by atoms with Gasteiger partial charge in [-0.2, -0.15) is 0 Å². The van der Waals surface area contributed by atoms with Gasteiger partial charge >= 0.3 is 5.97 Å². The van der Waals surface area contributed by atoms with E-state index in [1.54, 1.807) is 0 Å². The van der Waals surface area contributed by atoms with Crippen molar-refractivity contribution in [1.82, 2.24) is 4.98 Å². The summed E-state index contributed by atoms with van der Waals surface area (Å²) in [5.74, 6) is -2.33. The van der Waals surface area contributed by atoms with Gasteiger partial charge in [0.05, 0.1) is 20.6 Å². The molecule has 0 atom stereocenters. The predicted molar refractivity (Wildman–Crippen MR) is 51.4 cm³/mol. The minimum absolute atomic E-state index is 0.437. The first-order valence-corrected chi connectivity index (χ1v) is 4.57. The number of nitrogens with zero attached hydrogens (tertiary/aromatic N) is 1. The molecule has 0 amide bonds. The molecule has 0 aliphatic rings. The zero-order valence-electron chi connectivity index (χ0n) is 9.17. The van der Waals surface area contributed by atoms with Gasteiger partial charge in [-0.15, -0.1) is 0 Å². The Morgan fingerprint density at radius 3 is 2.59 bits per heavy atom. The van der Waals surface area contributed by atoms with E-state index < -0.39 is 41.6 Å². The SMILES string of the molecule is COC(=O)Cc1c(C(F)F)cnc(OC)c1F. The van der Waals surface area contributed by atoms with Crippen molar-refractivity contribution >= 4 is 5.97 Å². The van der Waals surface area contributed by atoms with Crippen molar-refractivity contribution in [2.75, 3.05) is 14.2 Å². The van der Waals surface area contributed by atoms with Crippen molar-refractivity contribution in [3.05, 3.63) is 23.1 Å². The van der Waals surface area contributed by atoms with E-state index in [0.29, 0.717) is 0 Å². The topological polar surface area (TPSA) is 48.4 Å². The molecule has 4 nitrogen and oxygen atoms in total. The molecule has 0 aromatic carbocycles. The van der Waals surface area contributed by atoms with Crippen LogP contribution in [0.4, 0.5) is 13.2 Å². The van der Waals surface area contributed by atoms with Gasteiger partial charge < -0.3 is 9.47 Å². The number of hydrogen-bond donors (Lipinski definition) is 0. The summed E-state index contributed by atoms with van der Waals surface area (Å²) < 4.78 is 47.7. The van der Waals surface area contributed by atoms with Crippen molar-refractivity contribution in [2.24, 2.45) is 0 Å². The average Bonchev–Trinajstić information content (AvgIpc) is 2.30. The molecular formula is C10H10F3NO3. The number of aromatic nitrogens is 1. The first-order chi connectivity index (χ1) is 8.01. The fourth-order valence-electron chi connectivity index (χ4n) is 1.25. The van der Waals surface area contributed by atoms with Crippen molar-refractivity contribution in [3.8, 4) is 5.88 Å². The van der Waals surface area contributed by atoms with E-state index in [0.717, 1.165) is 20.4 Å². The molecule has 0 aliphatic heterocycles. The molecule has 1 rings (SSSR count). The largest absolute Gasteiger partial charge is 0.479 e. The summed E-state index contributed by atoms with van der Waals surface area (Å²) in [5, 5.41) is 0. The number of pyridine rings is 1. The highest BCUT2D eigenvalue weighted by atomic mass is 19.3. The van der Waals surface area contributed by atoms with Crippen LogP contribution in [0.5, 0.6) is 5.88 Å². The number of ether oxygens (including phenoxy) is 2. The summed E-state index contributed by atoms with van der Waals surface area (Å²) in [4.78, 5) is 14.4. The third-order valence-electron chi connectivity index (χ3n) is 2.10. The van der Waals surface area contributed by atoms with Gasteiger partial charge in [0.1, 0.15) is 0 Å². The highest BCUT2D eigenvalue weighted by molar-refractivity contribution is 5.73. The second-order valence-corrected chi connectivity index (χ2v) is 3.07. The molecular weight excluding hydrogens is 239 g/mol. The Labute approximate surface area is 95.4 Å². The van der Waals surface area contributed by atoms with Crippen LogP contribution in [0.1, 0.15) is 17.6 Å². The second kappa shape index (κ2) is 5.51. The number of hydrogen-bond acceptors (Lipinski definition) is 4. The quantitative estimate of drug-likeness (QED) is 0.764. The summed E-state index contributed by atoms with van der Waals surface area (Å²) in [6, 6.07) is 0. The van der Waals surface area contributed by atoms with E-state index in [2.05, 4.69) is 14.5 Å². The lowest BCUT2D eigenvalue weighted by Crippen LogP contribution is -2.11. The molecule has 1 aromatic rings. The van der Waals surface area contributed by atoms with Gasteiger partial charge in [-0.3, -0.25) is 4.79 Å². The maximum absolute atomic E-state index is 13.7. The molecule has 0 spiro atoms. The van der Waals surface area contributed by atoms with Gasteiger partial charge in [0.15, 0.2) is 5.82 Å². The van der Waals surface area contributed by atoms with Gasteiger partial charge in [-0.05, 0) is 0 Å². The molecule has 0 N–H and O–H groups in total.